The lowest BCUT2D eigenvalue weighted by atomic mass is 10.2. The Bertz CT molecular complexity index is 440. The highest BCUT2D eigenvalue weighted by Gasteiger charge is 2.27. The summed E-state index contributed by atoms with van der Waals surface area (Å²) in [7, 11) is 0. The van der Waals surface area contributed by atoms with Crippen LogP contribution in [0.15, 0.2) is 22.7 Å². The molecular formula is C10H10BrF3N2OS. The molecule has 0 radical (unpaired) electrons. The minimum absolute atomic E-state index is 0.0652. The molecule has 1 aromatic carbocycles. The molecule has 0 saturated carbocycles. The van der Waals surface area contributed by atoms with Crippen LogP contribution in [-0.2, 0) is 0 Å². The second kappa shape index (κ2) is 6.33. The van der Waals surface area contributed by atoms with Gasteiger partial charge >= 0.3 is 5.51 Å². The van der Waals surface area contributed by atoms with E-state index in [-0.39, 0.29) is 24.1 Å². The number of hydrogen-bond acceptors (Lipinski definition) is 3. The van der Waals surface area contributed by atoms with Crippen LogP contribution in [0.5, 0.6) is 0 Å². The molecule has 0 aromatic heterocycles. The lowest BCUT2D eigenvalue weighted by Gasteiger charge is -2.09. The molecule has 3 N–H and O–H groups in total. The third-order valence-corrected chi connectivity index (χ3v) is 3.55. The van der Waals surface area contributed by atoms with Crippen LogP contribution in [0.3, 0.4) is 0 Å². The fourth-order valence-electron chi connectivity index (χ4n) is 1.15. The number of halogens is 4. The Balaban J connectivity index is 2.49. The number of alkyl halides is 3. The first kappa shape index (κ1) is 15.2. The lowest BCUT2D eigenvalue weighted by Crippen LogP contribution is -2.27. The second-order valence-corrected chi connectivity index (χ2v) is 5.21. The maximum absolute atomic E-state index is 11.8. The number of nitrogens with one attached hydrogen (secondary N) is 1. The van der Waals surface area contributed by atoms with Gasteiger partial charge in [-0.25, -0.2) is 0 Å². The van der Waals surface area contributed by atoms with Crippen LogP contribution in [0, 0.1) is 0 Å². The number of thioether (sulfide) groups is 1. The molecule has 0 aliphatic rings. The summed E-state index contributed by atoms with van der Waals surface area (Å²) in [6.45, 7) is -0.0652. The van der Waals surface area contributed by atoms with Crippen LogP contribution >= 0.6 is 27.7 Å². The number of carbonyl (C=O) groups is 1. The molecule has 3 nitrogen and oxygen atoms in total. The molecule has 8 heteroatoms. The van der Waals surface area contributed by atoms with E-state index in [0.717, 1.165) is 0 Å². The molecule has 1 rings (SSSR count). The fraction of sp³-hybridized carbons (Fsp3) is 0.300. The van der Waals surface area contributed by atoms with Crippen molar-refractivity contribution in [3.05, 3.63) is 28.2 Å². The number of hydrogen-bond donors (Lipinski definition) is 2. The van der Waals surface area contributed by atoms with E-state index in [1.807, 2.05) is 0 Å². The number of amides is 1. The molecule has 18 heavy (non-hydrogen) atoms. The van der Waals surface area contributed by atoms with Crippen LogP contribution < -0.4 is 11.1 Å². The number of carbonyl (C=O) groups excluding carboxylic acids is 1. The van der Waals surface area contributed by atoms with Crippen LogP contribution in [0.25, 0.3) is 0 Å². The van der Waals surface area contributed by atoms with E-state index in [0.29, 0.717) is 15.7 Å². The van der Waals surface area contributed by atoms with E-state index in [4.69, 9.17) is 5.73 Å². The molecule has 0 saturated heterocycles. The van der Waals surface area contributed by atoms with E-state index in [1.54, 1.807) is 12.1 Å². The molecule has 0 atom stereocenters. The normalized spacial score (nSPS) is 11.3. The van der Waals surface area contributed by atoms with Crippen molar-refractivity contribution >= 4 is 39.3 Å². The highest BCUT2D eigenvalue weighted by Crippen LogP contribution is 2.29. The lowest BCUT2D eigenvalue weighted by molar-refractivity contribution is -0.0327. The molecular weight excluding hydrogens is 333 g/mol. The summed E-state index contributed by atoms with van der Waals surface area (Å²) in [6, 6.07) is 4.74. The Morgan fingerprint density at radius 3 is 2.72 bits per heavy atom. The van der Waals surface area contributed by atoms with Gasteiger partial charge in [0.1, 0.15) is 0 Å². The van der Waals surface area contributed by atoms with Gasteiger partial charge in [0.25, 0.3) is 5.91 Å². The fourth-order valence-corrected chi connectivity index (χ4v) is 2.03. The van der Waals surface area contributed by atoms with Crippen LogP contribution in [0.2, 0.25) is 0 Å². The first-order chi connectivity index (χ1) is 8.31. The number of anilines is 1. The van der Waals surface area contributed by atoms with Gasteiger partial charge in [-0.2, -0.15) is 13.2 Å². The Morgan fingerprint density at radius 2 is 2.11 bits per heavy atom. The first-order valence-corrected chi connectivity index (χ1v) is 6.62. The van der Waals surface area contributed by atoms with Gasteiger partial charge in [-0.1, -0.05) is 6.07 Å². The predicted molar refractivity (Wildman–Crippen MR) is 69.4 cm³/mol. The van der Waals surface area contributed by atoms with Gasteiger partial charge in [-0.05, 0) is 39.8 Å². The molecule has 1 amide bonds. The van der Waals surface area contributed by atoms with Gasteiger partial charge in [-0.15, -0.1) is 0 Å². The molecule has 0 heterocycles. The van der Waals surface area contributed by atoms with Crippen molar-refractivity contribution in [3.8, 4) is 0 Å². The van der Waals surface area contributed by atoms with E-state index in [2.05, 4.69) is 21.2 Å². The quantitative estimate of drug-likeness (QED) is 0.653. The van der Waals surface area contributed by atoms with Gasteiger partial charge in [0.15, 0.2) is 0 Å². The van der Waals surface area contributed by atoms with Crippen molar-refractivity contribution in [3.63, 3.8) is 0 Å². The molecule has 0 bridgehead atoms. The van der Waals surface area contributed by atoms with E-state index in [1.165, 1.54) is 6.07 Å². The maximum atomic E-state index is 11.8. The summed E-state index contributed by atoms with van der Waals surface area (Å²) in [5, 5.41) is 2.39. The average molecular weight is 343 g/mol. The van der Waals surface area contributed by atoms with Crippen LogP contribution in [-0.4, -0.2) is 23.7 Å². The average Bonchev–Trinajstić information content (AvgIpc) is 2.26. The molecule has 0 aliphatic heterocycles. The summed E-state index contributed by atoms with van der Waals surface area (Å²) in [5.41, 5.74) is 2.01. The van der Waals surface area contributed by atoms with E-state index in [9.17, 15) is 18.0 Å². The Kier molecular flexibility index (Phi) is 5.33. The predicted octanol–water partition coefficient (Wildman–Crippen LogP) is 3.01. The maximum Gasteiger partial charge on any atom is 0.441 e. The van der Waals surface area contributed by atoms with E-state index < -0.39 is 11.4 Å². The van der Waals surface area contributed by atoms with Crippen molar-refractivity contribution in [2.45, 2.75) is 5.51 Å². The molecule has 0 unspecified atom stereocenters. The highest BCUT2D eigenvalue weighted by atomic mass is 79.9. The molecule has 0 aliphatic carbocycles. The van der Waals surface area contributed by atoms with E-state index >= 15 is 0 Å². The molecule has 1 aromatic rings. The number of benzene rings is 1. The molecule has 0 spiro atoms. The van der Waals surface area contributed by atoms with Gasteiger partial charge in [0.05, 0.1) is 10.0 Å². The summed E-state index contributed by atoms with van der Waals surface area (Å²) >= 11 is 2.98. The third kappa shape index (κ3) is 4.77. The summed E-state index contributed by atoms with van der Waals surface area (Å²) in [4.78, 5) is 11.7. The molecule has 0 fully saturated rings. The van der Waals surface area contributed by atoms with Crippen molar-refractivity contribution < 1.29 is 18.0 Å². The SMILES string of the molecule is Nc1cccc(C(=O)NCCSC(F)(F)F)c1Br. The van der Waals surface area contributed by atoms with Gasteiger partial charge in [-0.3, -0.25) is 4.79 Å². The van der Waals surface area contributed by atoms with Crippen molar-refractivity contribution in [1.29, 1.82) is 0 Å². The highest BCUT2D eigenvalue weighted by molar-refractivity contribution is 9.10. The largest absolute Gasteiger partial charge is 0.441 e. The van der Waals surface area contributed by atoms with Gasteiger partial charge < -0.3 is 11.1 Å². The monoisotopic (exact) mass is 342 g/mol. The summed E-state index contributed by atoms with van der Waals surface area (Å²) in [5.74, 6) is -0.688. The number of rotatable bonds is 4. The first-order valence-electron chi connectivity index (χ1n) is 4.84. The van der Waals surface area contributed by atoms with Crippen molar-refractivity contribution in [2.75, 3.05) is 18.0 Å². The van der Waals surface area contributed by atoms with Crippen molar-refractivity contribution in [1.82, 2.24) is 5.32 Å². The number of nitrogen functional groups attached to an aromatic ring is 1. The van der Waals surface area contributed by atoms with Crippen molar-refractivity contribution in [2.24, 2.45) is 0 Å². The summed E-state index contributed by atoms with van der Waals surface area (Å²) in [6.07, 6.45) is 0. The second-order valence-electron chi connectivity index (χ2n) is 3.26. The zero-order valence-electron chi connectivity index (χ0n) is 9.05. The summed E-state index contributed by atoms with van der Waals surface area (Å²) < 4.78 is 36.0. The van der Waals surface area contributed by atoms with Crippen LogP contribution in [0.1, 0.15) is 10.4 Å². The topological polar surface area (TPSA) is 55.1 Å². The van der Waals surface area contributed by atoms with Gasteiger partial charge in [0, 0.05) is 18.0 Å². The zero-order chi connectivity index (χ0) is 13.8. The Morgan fingerprint density at radius 1 is 1.44 bits per heavy atom. The smallest absolute Gasteiger partial charge is 0.398 e. The third-order valence-electron chi connectivity index (χ3n) is 1.93. The minimum Gasteiger partial charge on any atom is -0.398 e. The van der Waals surface area contributed by atoms with Gasteiger partial charge in [0.2, 0.25) is 0 Å². The van der Waals surface area contributed by atoms with Crippen LogP contribution in [0.4, 0.5) is 18.9 Å². The minimum atomic E-state index is -4.28. The Labute approximate surface area is 114 Å². The standard InChI is InChI=1S/C10H10BrF3N2OS/c11-8-6(2-1-3-7(8)15)9(17)16-4-5-18-10(12,13)14/h1-3H,4-5,15H2,(H,16,17). The molecule has 100 valence electrons. The number of nitrogens with two attached hydrogens (primary N) is 1. The zero-order valence-corrected chi connectivity index (χ0v) is 11.5. The Hall–Kier alpha value is -0.890.